The van der Waals surface area contributed by atoms with E-state index in [4.69, 9.17) is 0 Å². The zero-order chi connectivity index (χ0) is 47.1. The molecule has 13 aliphatic carbocycles. The summed E-state index contributed by atoms with van der Waals surface area (Å²) in [4.78, 5) is 6.91. The number of hydrogen-bond donors (Lipinski definition) is 0. The van der Waals surface area contributed by atoms with E-state index in [1.54, 1.807) is 218 Å². The molecule has 2 nitrogen and oxygen atoms in total. The molecule has 0 bridgehead atoms. The van der Waals surface area contributed by atoms with Crippen molar-refractivity contribution in [2.45, 2.75) is 321 Å². The molecule has 0 aromatic rings. The molecule has 13 saturated carbocycles. The van der Waals surface area contributed by atoms with Gasteiger partial charge in [0.15, 0.2) is 0 Å². The Kier molecular flexibility index (Phi) is 14.6. The maximum Gasteiger partial charge on any atom is 0.0132 e. The van der Waals surface area contributed by atoms with E-state index in [9.17, 15) is 0 Å². The molecule has 2 heteroatoms. The van der Waals surface area contributed by atoms with E-state index in [2.05, 4.69) is 37.5 Å². The van der Waals surface area contributed by atoms with Crippen LogP contribution >= 0.6 is 0 Å². The molecule has 0 N–H and O–H groups in total. The van der Waals surface area contributed by atoms with Gasteiger partial charge in [-0.3, -0.25) is 9.80 Å². The molecule has 0 aromatic heterocycles. The van der Waals surface area contributed by atoms with E-state index in [-0.39, 0.29) is 0 Å². The molecule has 0 aliphatic heterocycles. The van der Waals surface area contributed by atoms with Crippen LogP contribution in [0, 0.1) is 106 Å². The van der Waals surface area contributed by atoms with Gasteiger partial charge in [0.1, 0.15) is 0 Å². The second-order valence-corrected chi connectivity index (χ2v) is 31.3. The highest BCUT2D eigenvalue weighted by Crippen LogP contribution is 2.66. The number of hydrogen-bond acceptors (Lipinski definition) is 2. The summed E-state index contributed by atoms with van der Waals surface area (Å²) in [6.45, 7) is 11.1. The average Bonchev–Trinajstić information content (AvgIpc) is 3.78. The minimum absolute atomic E-state index is 0.568. The lowest BCUT2D eigenvalue weighted by Crippen LogP contribution is -2.59. The lowest BCUT2D eigenvalue weighted by molar-refractivity contribution is -0.0711. The van der Waals surface area contributed by atoms with Gasteiger partial charge < -0.3 is 0 Å². The molecule has 0 amide bonds. The molecule has 16 unspecified atom stereocenters. The summed E-state index contributed by atoms with van der Waals surface area (Å²) in [7, 11) is 0. The molecular weight excluding hydrogens is 845 g/mol. The fourth-order valence-electron chi connectivity index (χ4n) is 25.4. The molecule has 0 aromatic carbocycles. The Balaban J connectivity index is 0.651. The Bertz CT molecular complexity index is 1610. The molecule has 13 rings (SSSR count). The lowest BCUT2D eigenvalue weighted by atomic mass is 9.63. The van der Waals surface area contributed by atoms with E-state index >= 15 is 0 Å². The molecular formula is C68H114N2. The minimum Gasteiger partial charge on any atom is -0.294 e. The quantitative estimate of drug-likeness (QED) is 0.239. The second-order valence-electron chi connectivity index (χ2n) is 31.3. The maximum absolute atomic E-state index is 3.46. The zero-order valence-corrected chi connectivity index (χ0v) is 46.9. The number of fused-ring (bicyclic) bond motifs is 8. The van der Waals surface area contributed by atoms with Gasteiger partial charge in [0.05, 0.1) is 0 Å². The fourth-order valence-corrected chi connectivity index (χ4v) is 25.4. The van der Waals surface area contributed by atoms with E-state index in [0.29, 0.717) is 10.8 Å². The van der Waals surface area contributed by atoms with Crippen LogP contribution < -0.4 is 0 Å². The summed E-state index contributed by atoms with van der Waals surface area (Å²) < 4.78 is 0. The lowest BCUT2D eigenvalue weighted by Gasteiger charge is -2.57. The van der Waals surface area contributed by atoms with Crippen LogP contribution in [-0.4, -0.2) is 46.1 Å². The van der Waals surface area contributed by atoms with Gasteiger partial charge in [0.2, 0.25) is 0 Å². The van der Waals surface area contributed by atoms with E-state index in [1.165, 1.54) is 38.5 Å². The average molecular weight is 960 g/mol. The van der Waals surface area contributed by atoms with Gasteiger partial charge in [0, 0.05) is 36.3 Å². The third-order valence-electron chi connectivity index (χ3n) is 28.5. The predicted molar refractivity (Wildman–Crippen MR) is 294 cm³/mol. The maximum atomic E-state index is 3.46. The summed E-state index contributed by atoms with van der Waals surface area (Å²) in [5.41, 5.74) is 1.14. The van der Waals surface area contributed by atoms with Gasteiger partial charge in [-0.2, -0.15) is 0 Å². The molecule has 13 fully saturated rings. The first-order valence-electron chi connectivity index (χ1n) is 33.8. The van der Waals surface area contributed by atoms with E-state index < -0.39 is 0 Å². The van der Waals surface area contributed by atoms with Crippen molar-refractivity contribution in [2.75, 3.05) is 0 Å². The van der Waals surface area contributed by atoms with Crippen LogP contribution in [0.4, 0.5) is 0 Å². The second kappa shape index (κ2) is 20.7. The van der Waals surface area contributed by atoms with Gasteiger partial charge in [-0.15, -0.1) is 0 Å². The third kappa shape index (κ3) is 8.99. The molecule has 70 heavy (non-hydrogen) atoms. The van der Waals surface area contributed by atoms with Crippen molar-refractivity contribution in [2.24, 2.45) is 106 Å². The van der Waals surface area contributed by atoms with Gasteiger partial charge in [-0.1, -0.05) is 118 Å². The van der Waals surface area contributed by atoms with E-state index in [1.807, 2.05) is 0 Å². The first-order chi connectivity index (χ1) is 34.2. The molecule has 0 saturated heterocycles. The van der Waals surface area contributed by atoms with Crippen molar-refractivity contribution >= 4 is 0 Å². The standard InChI is InChI=1S/C68H114N2/c1-67(2)61-23-11-9-21-57(61)59-41-39-53(43-63(59)67)69(54-40-42-60-58-22-10-12-24-62(58)68(3,4)64(60)44-54)51-35-31-47(32-36-51)45-27-29-46(30-28-45)48-33-37-52(38-34-48)70(65-25-13-17-49-15-5-7-19-55(49)65)66-26-14-18-50-16-6-8-20-56(50)66/h45-66H,5-44H2,1-4H3. The molecule has 0 heterocycles. The Morgan fingerprint density at radius 1 is 0.229 bits per heavy atom. The van der Waals surface area contributed by atoms with Gasteiger partial charge in [-0.25, -0.2) is 0 Å². The van der Waals surface area contributed by atoms with Crippen LogP contribution in [0.15, 0.2) is 0 Å². The SMILES string of the molecule is CC1(C)C2CCCCC2C2CCC(N(C3CCC(C4CCC(C5CCC(N(C6CCCC7CCCCC76)C6CCCC7CCCCC76)CC5)CC4)CC3)C3CCC4C5CCCCC5C(C)(C)C4C3)CC21. The van der Waals surface area contributed by atoms with Gasteiger partial charge in [-0.05, 0) is 272 Å². The van der Waals surface area contributed by atoms with Crippen LogP contribution in [0.2, 0.25) is 0 Å². The highest BCUT2D eigenvalue weighted by atomic mass is 15.2. The summed E-state index contributed by atoms with van der Waals surface area (Å²) in [5, 5.41) is 0. The normalized spacial score (nSPS) is 51.3. The highest BCUT2D eigenvalue weighted by Gasteiger charge is 2.60. The van der Waals surface area contributed by atoms with Crippen molar-refractivity contribution in [3.63, 3.8) is 0 Å². The van der Waals surface area contributed by atoms with Crippen LogP contribution in [0.5, 0.6) is 0 Å². The molecule has 396 valence electrons. The molecule has 0 spiro atoms. The smallest absolute Gasteiger partial charge is 0.0132 e. The Hall–Kier alpha value is -0.0800. The third-order valence-corrected chi connectivity index (χ3v) is 28.5. The van der Waals surface area contributed by atoms with Gasteiger partial charge in [0.25, 0.3) is 0 Å². The van der Waals surface area contributed by atoms with Crippen molar-refractivity contribution in [1.29, 1.82) is 0 Å². The summed E-state index contributed by atoms with van der Waals surface area (Å²) in [5.74, 6) is 16.7. The summed E-state index contributed by atoms with van der Waals surface area (Å²) in [6.07, 6.45) is 62.5. The summed E-state index contributed by atoms with van der Waals surface area (Å²) in [6, 6.07) is 5.47. The number of rotatable bonds is 8. The van der Waals surface area contributed by atoms with Gasteiger partial charge >= 0.3 is 0 Å². The van der Waals surface area contributed by atoms with Crippen molar-refractivity contribution in [1.82, 2.24) is 9.80 Å². The van der Waals surface area contributed by atoms with Crippen LogP contribution in [0.3, 0.4) is 0 Å². The summed E-state index contributed by atoms with van der Waals surface area (Å²) >= 11 is 0. The number of nitrogens with zero attached hydrogens (tertiary/aromatic N) is 2. The molecule has 13 aliphatic rings. The minimum atomic E-state index is 0.568. The molecule has 0 radical (unpaired) electrons. The van der Waals surface area contributed by atoms with E-state index in [0.717, 1.165) is 131 Å². The first-order valence-corrected chi connectivity index (χ1v) is 33.8. The van der Waals surface area contributed by atoms with Crippen molar-refractivity contribution in [3.05, 3.63) is 0 Å². The van der Waals surface area contributed by atoms with Crippen LogP contribution in [-0.2, 0) is 0 Å². The topological polar surface area (TPSA) is 6.48 Å². The van der Waals surface area contributed by atoms with Crippen molar-refractivity contribution < 1.29 is 0 Å². The van der Waals surface area contributed by atoms with Crippen LogP contribution in [0.1, 0.15) is 285 Å². The fraction of sp³-hybridized carbons (Fsp3) is 1.00. The predicted octanol–water partition coefficient (Wildman–Crippen LogP) is 18.5. The Morgan fingerprint density at radius 2 is 0.543 bits per heavy atom. The first kappa shape index (κ1) is 49.5. The largest absolute Gasteiger partial charge is 0.294 e. The Labute approximate surface area is 434 Å². The Morgan fingerprint density at radius 3 is 0.971 bits per heavy atom. The van der Waals surface area contributed by atoms with Crippen LogP contribution in [0.25, 0.3) is 0 Å². The molecule has 16 atom stereocenters. The van der Waals surface area contributed by atoms with Crippen molar-refractivity contribution in [3.8, 4) is 0 Å². The highest BCUT2D eigenvalue weighted by molar-refractivity contribution is 5.11. The monoisotopic (exact) mass is 959 g/mol. The zero-order valence-electron chi connectivity index (χ0n) is 46.9.